The van der Waals surface area contributed by atoms with Crippen LogP contribution in [0.2, 0.25) is 0 Å². The highest BCUT2D eigenvalue weighted by atomic mass is 16.2. The quantitative estimate of drug-likeness (QED) is 0.745. The van der Waals surface area contributed by atoms with E-state index >= 15 is 0 Å². The lowest BCUT2D eigenvalue weighted by Crippen LogP contribution is -2.41. The minimum atomic E-state index is -0.0739. The molecule has 7 nitrogen and oxygen atoms in total. The van der Waals surface area contributed by atoms with Crippen LogP contribution in [0.25, 0.3) is 11.3 Å². The molecule has 1 fully saturated rings. The van der Waals surface area contributed by atoms with Gasteiger partial charge in [0.1, 0.15) is 5.82 Å². The van der Waals surface area contributed by atoms with Gasteiger partial charge in [-0.2, -0.15) is 5.10 Å². The van der Waals surface area contributed by atoms with E-state index in [0.717, 1.165) is 47.8 Å². The molecule has 0 spiro atoms. The number of nitrogens with zero attached hydrogens (tertiary/aromatic N) is 4. The smallest absolute Gasteiger partial charge is 0.321 e. The summed E-state index contributed by atoms with van der Waals surface area (Å²) in [6, 6.07) is 11.5. The fourth-order valence-electron chi connectivity index (χ4n) is 3.49. The Balaban J connectivity index is 1.46. The zero-order valence-corrected chi connectivity index (χ0v) is 15.2. The lowest BCUT2D eigenvalue weighted by atomic mass is 9.95. The van der Waals surface area contributed by atoms with Gasteiger partial charge in [0.05, 0.1) is 5.69 Å². The molecule has 27 heavy (non-hydrogen) atoms. The minimum absolute atomic E-state index is 0.0739. The number of anilines is 1. The molecule has 4 rings (SSSR count). The van der Waals surface area contributed by atoms with E-state index in [4.69, 9.17) is 0 Å². The molecule has 2 aromatic heterocycles. The van der Waals surface area contributed by atoms with Crippen LogP contribution in [0.3, 0.4) is 0 Å². The van der Waals surface area contributed by atoms with E-state index in [1.165, 1.54) is 0 Å². The summed E-state index contributed by atoms with van der Waals surface area (Å²) >= 11 is 0. The average Bonchev–Trinajstić information content (AvgIpc) is 3.23. The number of likely N-dealkylation sites (tertiary alicyclic amines) is 1. The fourth-order valence-corrected chi connectivity index (χ4v) is 3.49. The van der Waals surface area contributed by atoms with Gasteiger partial charge in [0.15, 0.2) is 0 Å². The van der Waals surface area contributed by atoms with Crippen LogP contribution in [0, 0.1) is 6.92 Å². The van der Waals surface area contributed by atoms with E-state index in [1.807, 2.05) is 48.2 Å². The second-order valence-electron chi connectivity index (χ2n) is 6.80. The van der Waals surface area contributed by atoms with Gasteiger partial charge >= 0.3 is 6.03 Å². The van der Waals surface area contributed by atoms with Crippen molar-refractivity contribution in [2.75, 3.05) is 18.4 Å². The predicted octanol–water partition coefficient (Wildman–Crippen LogP) is 3.59. The number of urea groups is 1. The minimum Gasteiger partial charge on any atom is -0.324 e. The van der Waals surface area contributed by atoms with Crippen LogP contribution < -0.4 is 5.32 Å². The lowest BCUT2D eigenvalue weighted by Gasteiger charge is -2.32. The number of hydrogen-bond donors (Lipinski definition) is 2. The second-order valence-corrected chi connectivity index (χ2v) is 6.80. The zero-order valence-electron chi connectivity index (χ0n) is 15.2. The fraction of sp³-hybridized carbons (Fsp3) is 0.300. The predicted molar refractivity (Wildman–Crippen MR) is 103 cm³/mol. The highest BCUT2D eigenvalue weighted by Crippen LogP contribution is 2.26. The van der Waals surface area contributed by atoms with Crippen molar-refractivity contribution in [2.45, 2.75) is 25.7 Å². The molecule has 1 aliphatic heterocycles. The first-order valence-corrected chi connectivity index (χ1v) is 9.14. The average molecular weight is 362 g/mol. The number of piperidine rings is 1. The molecule has 1 atom stereocenters. The maximum atomic E-state index is 12.7. The van der Waals surface area contributed by atoms with Crippen LogP contribution in [-0.2, 0) is 0 Å². The number of carbonyl (C=O) groups excluding carboxylic acids is 1. The van der Waals surface area contributed by atoms with Crippen molar-refractivity contribution in [1.82, 2.24) is 25.1 Å². The molecule has 1 aliphatic rings. The summed E-state index contributed by atoms with van der Waals surface area (Å²) in [6.45, 7) is 3.32. The number of benzene rings is 1. The molecule has 0 saturated carbocycles. The molecule has 2 N–H and O–H groups in total. The standard InChI is InChI=1S/C20H22N6O/c1-14-21-9-7-18(23-14)15-4-2-6-17(12-15)24-20(27)26-11-3-5-16(13-26)19-8-10-22-25-19/h2,4,6-10,12,16H,3,5,11,13H2,1H3,(H,22,25)(H,24,27)/t16-/m0/s1. The van der Waals surface area contributed by atoms with Crippen molar-refractivity contribution in [3.8, 4) is 11.3 Å². The van der Waals surface area contributed by atoms with Gasteiger partial charge < -0.3 is 10.2 Å². The molecule has 138 valence electrons. The number of hydrogen-bond acceptors (Lipinski definition) is 4. The van der Waals surface area contributed by atoms with Crippen LogP contribution in [0.15, 0.2) is 48.8 Å². The van der Waals surface area contributed by atoms with Crippen molar-refractivity contribution >= 4 is 11.7 Å². The summed E-state index contributed by atoms with van der Waals surface area (Å²) in [4.78, 5) is 23.2. The Morgan fingerprint density at radius 3 is 3.00 bits per heavy atom. The highest BCUT2D eigenvalue weighted by molar-refractivity contribution is 5.90. The van der Waals surface area contributed by atoms with Crippen LogP contribution >= 0.6 is 0 Å². The second kappa shape index (κ2) is 7.57. The van der Waals surface area contributed by atoms with Gasteiger partial charge in [-0.05, 0) is 44.0 Å². The molecule has 0 aliphatic carbocycles. The van der Waals surface area contributed by atoms with Gasteiger partial charge in [-0.15, -0.1) is 0 Å². The largest absolute Gasteiger partial charge is 0.324 e. The van der Waals surface area contributed by atoms with E-state index in [1.54, 1.807) is 12.4 Å². The summed E-state index contributed by atoms with van der Waals surface area (Å²) in [6.07, 6.45) is 5.55. The molecule has 0 bridgehead atoms. The number of carbonyl (C=O) groups is 1. The first-order chi connectivity index (χ1) is 13.2. The van der Waals surface area contributed by atoms with Gasteiger partial charge in [-0.25, -0.2) is 14.8 Å². The third kappa shape index (κ3) is 3.97. The Labute approximate surface area is 157 Å². The number of aromatic nitrogens is 4. The topological polar surface area (TPSA) is 86.8 Å². The lowest BCUT2D eigenvalue weighted by molar-refractivity contribution is 0.192. The first-order valence-electron chi connectivity index (χ1n) is 9.14. The van der Waals surface area contributed by atoms with Gasteiger partial charge in [0.25, 0.3) is 0 Å². The van der Waals surface area contributed by atoms with Crippen LogP contribution in [0.1, 0.15) is 30.3 Å². The van der Waals surface area contributed by atoms with Gasteiger partial charge in [-0.3, -0.25) is 5.10 Å². The summed E-state index contributed by atoms with van der Waals surface area (Å²) in [5, 5.41) is 10.1. The van der Waals surface area contributed by atoms with Crippen molar-refractivity contribution in [3.63, 3.8) is 0 Å². The number of nitrogens with one attached hydrogen (secondary N) is 2. The van der Waals surface area contributed by atoms with Crippen molar-refractivity contribution in [3.05, 3.63) is 60.3 Å². The molecule has 1 aromatic carbocycles. The van der Waals surface area contributed by atoms with E-state index in [2.05, 4.69) is 25.5 Å². The number of H-pyrrole nitrogens is 1. The first kappa shape index (κ1) is 17.2. The molecule has 1 saturated heterocycles. The molecule has 3 heterocycles. The summed E-state index contributed by atoms with van der Waals surface area (Å²) < 4.78 is 0. The summed E-state index contributed by atoms with van der Waals surface area (Å²) in [5.41, 5.74) is 3.65. The zero-order chi connectivity index (χ0) is 18.6. The maximum absolute atomic E-state index is 12.7. The van der Waals surface area contributed by atoms with Gasteiger partial charge in [-0.1, -0.05) is 12.1 Å². The molecular weight excluding hydrogens is 340 g/mol. The Morgan fingerprint density at radius 1 is 1.26 bits per heavy atom. The Bertz CT molecular complexity index is 924. The monoisotopic (exact) mass is 362 g/mol. The normalized spacial score (nSPS) is 16.9. The molecule has 2 amide bonds. The highest BCUT2D eigenvalue weighted by Gasteiger charge is 2.25. The third-order valence-electron chi connectivity index (χ3n) is 4.86. The van der Waals surface area contributed by atoms with E-state index in [-0.39, 0.29) is 6.03 Å². The molecule has 7 heteroatoms. The molecule has 3 aromatic rings. The van der Waals surface area contributed by atoms with Gasteiger partial charge in [0, 0.05) is 48.3 Å². The Kier molecular flexibility index (Phi) is 4.82. The third-order valence-corrected chi connectivity index (χ3v) is 4.86. The van der Waals surface area contributed by atoms with Crippen LogP contribution in [0.4, 0.5) is 10.5 Å². The molecule has 0 radical (unpaired) electrons. The molecule has 0 unspecified atom stereocenters. The van der Waals surface area contributed by atoms with E-state index in [0.29, 0.717) is 12.5 Å². The Morgan fingerprint density at radius 2 is 2.19 bits per heavy atom. The number of aryl methyl sites for hydroxylation is 1. The van der Waals surface area contributed by atoms with Crippen molar-refractivity contribution in [1.29, 1.82) is 0 Å². The molecular formula is C20H22N6O. The van der Waals surface area contributed by atoms with E-state index in [9.17, 15) is 4.79 Å². The summed E-state index contributed by atoms with van der Waals surface area (Å²) in [7, 11) is 0. The Hall–Kier alpha value is -3.22. The number of amides is 2. The van der Waals surface area contributed by atoms with E-state index < -0.39 is 0 Å². The maximum Gasteiger partial charge on any atom is 0.321 e. The van der Waals surface area contributed by atoms with Crippen LogP contribution in [-0.4, -0.2) is 44.2 Å². The van der Waals surface area contributed by atoms with Gasteiger partial charge in [0.2, 0.25) is 0 Å². The van der Waals surface area contributed by atoms with Crippen molar-refractivity contribution in [2.24, 2.45) is 0 Å². The number of aromatic amines is 1. The van der Waals surface area contributed by atoms with Crippen molar-refractivity contribution < 1.29 is 4.79 Å². The number of rotatable bonds is 3. The summed E-state index contributed by atoms with van der Waals surface area (Å²) in [5.74, 6) is 1.03. The van der Waals surface area contributed by atoms with Crippen LogP contribution in [0.5, 0.6) is 0 Å². The SMILES string of the molecule is Cc1nccc(-c2cccc(NC(=O)N3CCC[C@H](c4ccn[nH]4)C3)c2)n1.